The van der Waals surface area contributed by atoms with Crippen molar-refractivity contribution in [3.05, 3.63) is 72.7 Å². The first kappa shape index (κ1) is 18.6. The Morgan fingerprint density at radius 2 is 1.86 bits per heavy atom. The van der Waals surface area contributed by atoms with E-state index in [9.17, 15) is 9.59 Å². The average molecular weight is 392 g/mol. The van der Waals surface area contributed by atoms with Crippen molar-refractivity contribution in [2.24, 2.45) is 0 Å². The van der Waals surface area contributed by atoms with Gasteiger partial charge in [0.25, 0.3) is 5.91 Å². The van der Waals surface area contributed by atoms with Gasteiger partial charge in [-0.05, 0) is 36.4 Å². The maximum atomic E-state index is 13.6. The second kappa shape index (κ2) is 7.35. The third-order valence-corrected chi connectivity index (χ3v) is 5.01. The summed E-state index contributed by atoms with van der Waals surface area (Å²) in [7, 11) is 3.06. The number of carbonyl (C=O) groups is 2. The summed E-state index contributed by atoms with van der Waals surface area (Å²) in [6, 6.07) is 17.6. The number of β-lactam (4-membered cyclic amide) rings is 1. The zero-order chi connectivity index (χ0) is 20.4. The van der Waals surface area contributed by atoms with Gasteiger partial charge in [-0.1, -0.05) is 18.2 Å². The van der Waals surface area contributed by atoms with Gasteiger partial charge in [0.15, 0.2) is 5.54 Å². The van der Waals surface area contributed by atoms with Gasteiger partial charge < -0.3 is 19.2 Å². The van der Waals surface area contributed by atoms with E-state index in [0.717, 1.165) is 0 Å². The molecule has 0 spiro atoms. The summed E-state index contributed by atoms with van der Waals surface area (Å²) in [5.74, 6) is 0.867. The van der Waals surface area contributed by atoms with Crippen LogP contribution >= 0.6 is 0 Å². The Balaban J connectivity index is 1.76. The smallest absolute Gasteiger partial charge is 0.259 e. The highest BCUT2D eigenvalue weighted by atomic mass is 16.5. The summed E-state index contributed by atoms with van der Waals surface area (Å²) in [5, 5.41) is 2.89. The number of hydrogen-bond donors (Lipinski definition) is 1. The molecule has 1 aromatic heterocycles. The van der Waals surface area contributed by atoms with E-state index >= 15 is 0 Å². The lowest BCUT2D eigenvalue weighted by Crippen LogP contribution is -2.67. The fourth-order valence-corrected chi connectivity index (χ4v) is 3.58. The molecule has 4 rings (SSSR count). The topological polar surface area (TPSA) is 81.0 Å². The van der Waals surface area contributed by atoms with Crippen LogP contribution in [-0.4, -0.2) is 26.0 Å². The number of hydrogen-bond acceptors (Lipinski definition) is 5. The number of benzene rings is 2. The Kier molecular flexibility index (Phi) is 4.72. The molecule has 1 N–H and O–H groups in total. The molecule has 1 aliphatic heterocycles. The molecule has 2 heterocycles. The van der Waals surface area contributed by atoms with Crippen molar-refractivity contribution in [2.75, 3.05) is 24.4 Å². The van der Waals surface area contributed by atoms with Gasteiger partial charge in [0.1, 0.15) is 17.3 Å². The van der Waals surface area contributed by atoms with Crippen molar-refractivity contribution in [1.82, 2.24) is 0 Å². The summed E-state index contributed by atoms with van der Waals surface area (Å²) < 4.78 is 16.2. The number of methoxy groups -OCH3 is 2. The van der Waals surface area contributed by atoms with E-state index < -0.39 is 11.4 Å². The van der Waals surface area contributed by atoms with Crippen LogP contribution in [0.5, 0.6) is 11.5 Å². The maximum absolute atomic E-state index is 13.6. The lowest BCUT2D eigenvalue weighted by Gasteiger charge is -2.48. The van der Waals surface area contributed by atoms with Gasteiger partial charge in [-0.15, -0.1) is 0 Å². The summed E-state index contributed by atoms with van der Waals surface area (Å²) in [5.41, 5.74) is -0.237. The first-order chi connectivity index (χ1) is 14.1. The van der Waals surface area contributed by atoms with Crippen LogP contribution in [0.25, 0.3) is 0 Å². The van der Waals surface area contributed by atoms with E-state index in [4.69, 9.17) is 13.9 Å². The predicted molar refractivity (Wildman–Crippen MR) is 107 cm³/mol. The normalized spacial score (nSPS) is 18.1. The molecule has 1 unspecified atom stereocenters. The lowest BCUT2D eigenvalue weighted by atomic mass is 9.79. The SMILES string of the molecule is COc1ccc(OC)c(NC(=O)C2(c3ccco3)CC(=O)N2c2ccccc2)c1. The Hall–Kier alpha value is -3.74. The van der Waals surface area contributed by atoms with Gasteiger partial charge >= 0.3 is 0 Å². The molecule has 1 fully saturated rings. The number of amides is 2. The Bertz CT molecular complexity index is 1030. The quantitative estimate of drug-likeness (QED) is 0.649. The van der Waals surface area contributed by atoms with E-state index in [1.807, 2.05) is 18.2 Å². The lowest BCUT2D eigenvalue weighted by molar-refractivity contribution is -0.138. The molecule has 0 radical (unpaired) electrons. The van der Waals surface area contributed by atoms with Gasteiger partial charge in [-0.3, -0.25) is 14.5 Å². The second-order valence-corrected chi connectivity index (χ2v) is 6.60. The minimum atomic E-state index is -1.30. The third kappa shape index (κ3) is 3.00. The number of anilines is 2. The first-order valence-corrected chi connectivity index (χ1v) is 9.05. The molecule has 7 nitrogen and oxygen atoms in total. The standard InChI is InChI=1S/C22H20N2O5/c1-27-16-10-11-18(28-2)17(13-16)23-21(26)22(19-9-6-12-29-19)14-20(25)24(22)15-7-4-3-5-8-15/h3-13H,14H2,1-2H3,(H,23,26). The zero-order valence-electron chi connectivity index (χ0n) is 16.0. The van der Waals surface area contributed by atoms with Crippen molar-refractivity contribution in [3.63, 3.8) is 0 Å². The number of carbonyl (C=O) groups excluding carboxylic acids is 2. The molecule has 29 heavy (non-hydrogen) atoms. The molecule has 3 aromatic rings. The van der Waals surface area contributed by atoms with Crippen molar-refractivity contribution in [3.8, 4) is 11.5 Å². The summed E-state index contributed by atoms with van der Waals surface area (Å²) in [4.78, 5) is 27.6. The largest absolute Gasteiger partial charge is 0.497 e. The number of ether oxygens (including phenoxy) is 2. The van der Waals surface area contributed by atoms with Crippen LogP contribution < -0.4 is 19.7 Å². The fourth-order valence-electron chi connectivity index (χ4n) is 3.58. The van der Waals surface area contributed by atoms with Crippen LogP contribution in [0.2, 0.25) is 0 Å². The molecular formula is C22H20N2O5. The van der Waals surface area contributed by atoms with Crippen LogP contribution in [0.3, 0.4) is 0 Å². The minimum Gasteiger partial charge on any atom is -0.497 e. The average Bonchev–Trinajstić information content (AvgIpc) is 3.27. The van der Waals surface area contributed by atoms with Gasteiger partial charge in [-0.2, -0.15) is 0 Å². The van der Waals surface area contributed by atoms with Gasteiger partial charge in [0.05, 0.1) is 32.6 Å². The van der Waals surface area contributed by atoms with E-state index in [0.29, 0.717) is 28.6 Å². The van der Waals surface area contributed by atoms with Crippen molar-refractivity contribution in [1.29, 1.82) is 0 Å². The van der Waals surface area contributed by atoms with E-state index in [1.54, 1.807) is 49.6 Å². The van der Waals surface area contributed by atoms with Crippen molar-refractivity contribution in [2.45, 2.75) is 12.0 Å². The molecule has 0 saturated carbocycles. The molecule has 0 bridgehead atoms. The minimum absolute atomic E-state index is 0.00642. The molecule has 7 heteroatoms. The number of nitrogens with zero attached hydrogens (tertiary/aromatic N) is 1. The molecule has 2 amide bonds. The highest BCUT2D eigenvalue weighted by Crippen LogP contribution is 2.46. The second-order valence-electron chi connectivity index (χ2n) is 6.60. The molecule has 2 aromatic carbocycles. The van der Waals surface area contributed by atoms with Gasteiger partial charge in [0, 0.05) is 11.8 Å². The molecule has 1 saturated heterocycles. The van der Waals surface area contributed by atoms with E-state index in [2.05, 4.69) is 5.32 Å². The zero-order valence-corrected chi connectivity index (χ0v) is 16.0. The highest BCUT2D eigenvalue weighted by molar-refractivity contribution is 6.16. The molecule has 1 atom stereocenters. The predicted octanol–water partition coefficient (Wildman–Crippen LogP) is 3.57. The Morgan fingerprint density at radius 3 is 2.48 bits per heavy atom. The van der Waals surface area contributed by atoms with Crippen molar-refractivity contribution >= 4 is 23.2 Å². The summed E-state index contributed by atoms with van der Waals surface area (Å²) in [6.45, 7) is 0. The van der Waals surface area contributed by atoms with Gasteiger partial charge in [-0.25, -0.2) is 0 Å². The number of nitrogens with one attached hydrogen (secondary N) is 1. The Morgan fingerprint density at radius 1 is 1.07 bits per heavy atom. The van der Waals surface area contributed by atoms with Crippen LogP contribution in [0.1, 0.15) is 12.2 Å². The van der Waals surface area contributed by atoms with Gasteiger partial charge in [0.2, 0.25) is 5.91 Å². The fraction of sp³-hybridized carbons (Fsp3) is 0.182. The van der Waals surface area contributed by atoms with Crippen LogP contribution in [0.4, 0.5) is 11.4 Å². The van der Waals surface area contributed by atoms with Crippen molar-refractivity contribution < 1.29 is 23.5 Å². The van der Waals surface area contributed by atoms with Crippen LogP contribution in [0.15, 0.2) is 71.3 Å². The number of furan rings is 1. The molecule has 1 aliphatic rings. The molecular weight excluding hydrogens is 372 g/mol. The molecule has 148 valence electrons. The highest BCUT2D eigenvalue weighted by Gasteiger charge is 2.60. The Labute approximate surface area is 167 Å². The summed E-state index contributed by atoms with van der Waals surface area (Å²) in [6.07, 6.45) is 1.48. The monoisotopic (exact) mass is 392 g/mol. The first-order valence-electron chi connectivity index (χ1n) is 9.05. The summed E-state index contributed by atoms with van der Waals surface area (Å²) >= 11 is 0. The maximum Gasteiger partial charge on any atom is 0.259 e. The third-order valence-electron chi connectivity index (χ3n) is 5.01. The van der Waals surface area contributed by atoms with E-state index in [1.165, 1.54) is 18.3 Å². The van der Waals surface area contributed by atoms with Crippen LogP contribution in [-0.2, 0) is 15.1 Å². The molecule has 0 aliphatic carbocycles. The number of para-hydroxylation sites is 1. The van der Waals surface area contributed by atoms with E-state index in [-0.39, 0.29) is 12.3 Å². The number of rotatable bonds is 6. The van der Waals surface area contributed by atoms with Crippen LogP contribution in [0, 0.1) is 0 Å².